The van der Waals surface area contributed by atoms with Crippen LogP contribution in [0.25, 0.3) is 0 Å². The van der Waals surface area contributed by atoms with Crippen molar-refractivity contribution in [1.29, 1.82) is 0 Å². The van der Waals surface area contributed by atoms with Crippen molar-refractivity contribution in [3.05, 3.63) is 92.5 Å². The second-order valence-electron chi connectivity index (χ2n) is 11.0. The van der Waals surface area contributed by atoms with E-state index in [1.807, 2.05) is 30.3 Å². The number of nitrogens with zero attached hydrogens (tertiary/aromatic N) is 1. The van der Waals surface area contributed by atoms with E-state index in [0.717, 1.165) is 12.7 Å². The van der Waals surface area contributed by atoms with E-state index in [-0.39, 0.29) is 18.1 Å². The molecule has 6 nitrogen and oxygen atoms in total. The average molecular weight is 652 g/mol. The molecule has 0 aromatic heterocycles. The number of halogens is 7. The Hall–Kier alpha value is -3.15. The molecule has 0 fully saturated rings. The normalized spacial score (nSPS) is 16.4. The van der Waals surface area contributed by atoms with Gasteiger partial charge in [-0.05, 0) is 31.7 Å². The summed E-state index contributed by atoms with van der Waals surface area (Å²) in [4.78, 5) is 28.6. The number of nitrogens with one attached hydrogen (secondary N) is 1. The number of alkyl halides is 4. The van der Waals surface area contributed by atoms with E-state index in [4.69, 9.17) is 21.1 Å². The summed E-state index contributed by atoms with van der Waals surface area (Å²) in [5, 5.41) is 1.70. The molecule has 1 aliphatic rings. The van der Waals surface area contributed by atoms with Crippen LogP contribution in [0.15, 0.2) is 65.0 Å². The Morgan fingerprint density at radius 1 is 1.05 bits per heavy atom. The number of carbonyl (C=O) groups excluding carboxylic acids is 2. The Kier molecular flexibility index (Phi) is 11.8. The maximum Gasteiger partial charge on any atom is 0.418 e. The van der Waals surface area contributed by atoms with Gasteiger partial charge in [-0.3, -0.25) is 4.90 Å². The number of esters is 2. The van der Waals surface area contributed by atoms with Crippen LogP contribution in [0.3, 0.4) is 0 Å². The van der Waals surface area contributed by atoms with Crippen LogP contribution >= 0.6 is 24.0 Å². The van der Waals surface area contributed by atoms with Crippen molar-refractivity contribution < 1.29 is 41.0 Å². The summed E-state index contributed by atoms with van der Waals surface area (Å²) in [7, 11) is 2.63. The number of rotatable bonds is 8. The van der Waals surface area contributed by atoms with E-state index in [1.54, 1.807) is 32.7 Å². The minimum Gasteiger partial charge on any atom is -0.466 e. The highest BCUT2D eigenvalue weighted by atomic mass is 35.5. The minimum absolute atomic E-state index is 0. The average Bonchev–Trinajstić information content (AvgIpc) is 2.90. The second kappa shape index (κ2) is 14.1. The molecule has 1 N–H and O–H groups in total. The molecule has 0 saturated carbocycles. The lowest BCUT2D eigenvalue weighted by molar-refractivity contribution is -0.166. The fourth-order valence-corrected chi connectivity index (χ4v) is 5.37. The van der Waals surface area contributed by atoms with E-state index >= 15 is 4.39 Å². The fourth-order valence-electron chi connectivity index (χ4n) is 5.10. The summed E-state index contributed by atoms with van der Waals surface area (Å²) >= 11 is 5.92. The van der Waals surface area contributed by atoms with Crippen molar-refractivity contribution in [3.8, 4) is 0 Å². The second-order valence-corrected chi connectivity index (χ2v) is 11.4. The molecule has 2 aromatic rings. The molecule has 236 valence electrons. The molecule has 2 atom stereocenters. The SMILES string of the molecule is COC(=O)C1=C(CF)NC(C)=C(C(=O)OC(N(C)Cc2ccccc2)C(C)(C)C)C1c1c(F)ccc(Cl)c1C(F)(F)F.Cl. The lowest BCUT2D eigenvalue weighted by Crippen LogP contribution is -2.46. The van der Waals surface area contributed by atoms with Crippen LogP contribution in [0.2, 0.25) is 5.02 Å². The summed E-state index contributed by atoms with van der Waals surface area (Å²) in [6.07, 6.45) is -6.14. The molecular weight excluding hydrogens is 618 g/mol. The van der Waals surface area contributed by atoms with Crippen LogP contribution in [0.1, 0.15) is 50.3 Å². The van der Waals surface area contributed by atoms with Gasteiger partial charge in [0.15, 0.2) is 6.23 Å². The third-order valence-corrected chi connectivity index (χ3v) is 7.07. The zero-order chi connectivity index (χ0) is 31.6. The van der Waals surface area contributed by atoms with E-state index < -0.39 is 81.2 Å². The summed E-state index contributed by atoms with van der Waals surface area (Å²) in [5.74, 6) is -5.88. The van der Waals surface area contributed by atoms with Gasteiger partial charge in [0.2, 0.25) is 0 Å². The number of ether oxygens (including phenoxy) is 2. The molecule has 2 aromatic carbocycles. The van der Waals surface area contributed by atoms with Crippen LogP contribution in [0.4, 0.5) is 22.0 Å². The Morgan fingerprint density at radius 3 is 2.16 bits per heavy atom. The highest BCUT2D eigenvalue weighted by Crippen LogP contribution is 2.48. The maximum absolute atomic E-state index is 15.5. The molecule has 13 heteroatoms. The van der Waals surface area contributed by atoms with Crippen molar-refractivity contribution in [1.82, 2.24) is 10.2 Å². The number of methoxy groups -OCH3 is 1. The topological polar surface area (TPSA) is 67.9 Å². The zero-order valence-corrected chi connectivity index (χ0v) is 25.9. The Morgan fingerprint density at radius 2 is 1.65 bits per heavy atom. The Bertz CT molecular complexity index is 1410. The van der Waals surface area contributed by atoms with Crippen LogP contribution < -0.4 is 5.32 Å². The molecule has 0 bridgehead atoms. The molecule has 1 aliphatic heterocycles. The molecule has 2 unspecified atom stereocenters. The highest BCUT2D eigenvalue weighted by Gasteiger charge is 2.47. The van der Waals surface area contributed by atoms with Crippen molar-refractivity contribution in [2.75, 3.05) is 20.8 Å². The summed E-state index contributed by atoms with van der Waals surface area (Å²) in [5.41, 5.74) is -4.40. The number of allylic oxidation sites excluding steroid dienone is 2. The van der Waals surface area contributed by atoms with Gasteiger partial charge in [-0.2, -0.15) is 13.2 Å². The van der Waals surface area contributed by atoms with Gasteiger partial charge in [-0.25, -0.2) is 18.4 Å². The maximum atomic E-state index is 15.5. The van der Waals surface area contributed by atoms with Crippen molar-refractivity contribution in [3.63, 3.8) is 0 Å². The van der Waals surface area contributed by atoms with Crippen molar-refractivity contribution >= 4 is 35.9 Å². The molecule has 43 heavy (non-hydrogen) atoms. The van der Waals surface area contributed by atoms with E-state index in [0.29, 0.717) is 18.7 Å². The number of benzene rings is 2. The largest absolute Gasteiger partial charge is 0.466 e. The highest BCUT2D eigenvalue weighted by molar-refractivity contribution is 6.31. The number of carbonyl (C=O) groups is 2. The summed E-state index contributed by atoms with van der Waals surface area (Å²) in [6.45, 7) is 5.67. The predicted molar refractivity (Wildman–Crippen MR) is 154 cm³/mol. The number of hydrogen-bond acceptors (Lipinski definition) is 6. The number of hydrogen-bond donors (Lipinski definition) is 1. The molecule has 0 saturated heterocycles. The first-order chi connectivity index (χ1) is 19.5. The molecular formula is C30H33Cl2F5N2O4. The molecule has 0 spiro atoms. The molecule has 3 rings (SSSR count). The minimum atomic E-state index is -5.21. The smallest absolute Gasteiger partial charge is 0.418 e. The fraction of sp³-hybridized carbons (Fsp3) is 0.400. The first kappa shape index (κ1) is 36.0. The van der Waals surface area contributed by atoms with Crippen LogP contribution in [-0.4, -0.2) is 43.9 Å². The van der Waals surface area contributed by atoms with E-state index in [1.165, 1.54) is 6.92 Å². The third kappa shape index (κ3) is 7.87. The van der Waals surface area contributed by atoms with Gasteiger partial charge in [0.05, 0.1) is 40.5 Å². The Labute approximate surface area is 258 Å². The van der Waals surface area contributed by atoms with Gasteiger partial charge < -0.3 is 14.8 Å². The van der Waals surface area contributed by atoms with Gasteiger partial charge in [-0.1, -0.05) is 62.7 Å². The van der Waals surface area contributed by atoms with Crippen LogP contribution in [0.5, 0.6) is 0 Å². The first-order valence-corrected chi connectivity index (χ1v) is 13.3. The van der Waals surface area contributed by atoms with Gasteiger partial charge in [0.1, 0.15) is 12.5 Å². The lowest BCUT2D eigenvalue weighted by atomic mass is 9.78. The van der Waals surface area contributed by atoms with Gasteiger partial charge >= 0.3 is 18.1 Å². The van der Waals surface area contributed by atoms with Crippen LogP contribution in [0, 0.1) is 11.2 Å². The quantitative estimate of drug-likeness (QED) is 0.183. The van der Waals surface area contributed by atoms with E-state index in [2.05, 4.69) is 5.32 Å². The zero-order valence-electron chi connectivity index (χ0n) is 24.4. The third-order valence-electron chi connectivity index (χ3n) is 6.75. The van der Waals surface area contributed by atoms with E-state index in [9.17, 15) is 27.2 Å². The first-order valence-electron chi connectivity index (χ1n) is 12.9. The summed E-state index contributed by atoms with van der Waals surface area (Å²) in [6, 6.07) is 10.7. The summed E-state index contributed by atoms with van der Waals surface area (Å²) < 4.78 is 83.3. The number of dihydropyridines is 1. The van der Waals surface area contributed by atoms with Gasteiger partial charge in [0, 0.05) is 23.2 Å². The van der Waals surface area contributed by atoms with Gasteiger partial charge in [-0.15, -0.1) is 12.4 Å². The standard InChI is InChI=1S/C30H32ClF5N2O4.ClH/c1-16-21(27(40)42-28(29(2,3)4)38(5)15-17-10-8-7-9-11-17)24(23(26(39)41-6)20(14-32)37-16)22-19(33)13-12-18(31)25(22)30(34,35)36;/h7-13,24,28,37H,14-15H2,1-6H3;1H. The molecule has 1 heterocycles. The Balaban J connectivity index is 0.00000645. The lowest BCUT2D eigenvalue weighted by Gasteiger charge is -2.39. The predicted octanol–water partition coefficient (Wildman–Crippen LogP) is 7.32. The van der Waals surface area contributed by atoms with Crippen molar-refractivity contribution in [2.45, 2.75) is 52.6 Å². The van der Waals surface area contributed by atoms with Crippen LogP contribution in [-0.2, 0) is 31.8 Å². The molecule has 0 aliphatic carbocycles. The van der Waals surface area contributed by atoms with Gasteiger partial charge in [0.25, 0.3) is 0 Å². The van der Waals surface area contributed by atoms with Crippen molar-refractivity contribution in [2.24, 2.45) is 5.41 Å². The molecule has 0 amide bonds. The molecule has 0 radical (unpaired) electrons. The monoisotopic (exact) mass is 650 g/mol.